The van der Waals surface area contributed by atoms with Crippen LogP contribution in [0.5, 0.6) is 0 Å². The first-order chi connectivity index (χ1) is 7.75. The monoisotopic (exact) mass is 277 g/mol. The molecule has 1 aromatic heterocycles. The van der Waals surface area contributed by atoms with Crippen molar-refractivity contribution in [1.29, 1.82) is 0 Å². The van der Waals surface area contributed by atoms with Crippen molar-refractivity contribution in [3.63, 3.8) is 0 Å². The van der Waals surface area contributed by atoms with Crippen LogP contribution in [-0.4, -0.2) is 9.97 Å². The van der Waals surface area contributed by atoms with Gasteiger partial charge >= 0.3 is 0 Å². The van der Waals surface area contributed by atoms with Gasteiger partial charge in [0.25, 0.3) is 0 Å². The molecular formula is C12H12BrN3. The lowest BCUT2D eigenvalue weighted by molar-refractivity contribution is 1.01. The first-order valence-corrected chi connectivity index (χ1v) is 5.80. The smallest absolute Gasteiger partial charge is 0.0777 e. The SMILES string of the molecule is Cc1ccc(Br)cc1NCc1cnccn1. The summed E-state index contributed by atoms with van der Waals surface area (Å²) in [5.41, 5.74) is 3.26. The van der Waals surface area contributed by atoms with Crippen molar-refractivity contribution in [2.24, 2.45) is 0 Å². The first-order valence-electron chi connectivity index (χ1n) is 5.00. The van der Waals surface area contributed by atoms with E-state index in [1.165, 1.54) is 5.56 Å². The predicted octanol–water partition coefficient (Wildman–Crippen LogP) is 3.16. The molecule has 0 aliphatic rings. The van der Waals surface area contributed by atoms with Crippen LogP contribution in [0.3, 0.4) is 0 Å². The Kier molecular flexibility index (Phi) is 3.51. The van der Waals surface area contributed by atoms with Gasteiger partial charge in [0, 0.05) is 22.6 Å². The van der Waals surface area contributed by atoms with Crippen LogP contribution in [0.4, 0.5) is 5.69 Å². The molecule has 1 aromatic carbocycles. The summed E-state index contributed by atoms with van der Waals surface area (Å²) in [7, 11) is 0. The number of aromatic nitrogens is 2. The van der Waals surface area contributed by atoms with Crippen LogP contribution >= 0.6 is 15.9 Å². The highest BCUT2D eigenvalue weighted by molar-refractivity contribution is 9.10. The Morgan fingerprint density at radius 2 is 2.19 bits per heavy atom. The maximum Gasteiger partial charge on any atom is 0.0777 e. The Hall–Kier alpha value is -1.42. The molecule has 0 unspecified atom stereocenters. The minimum atomic E-state index is 0.686. The van der Waals surface area contributed by atoms with Gasteiger partial charge < -0.3 is 5.32 Å². The molecule has 0 aliphatic carbocycles. The van der Waals surface area contributed by atoms with E-state index in [1.807, 2.05) is 6.07 Å². The van der Waals surface area contributed by atoms with Crippen molar-refractivity contribution < 1.29 is 0 Å². The zero-order valence-corrected chi connectivity index (χ0v) is 10.5. The minimum absolute atomic E-state index is 0.686. The van der Waals surface area contributed by atoms with E-state index in [4.69, 9.17) is 0 Å². The van der Waals surface area contributed by atoms with Crippen LogP contribution in [0.15, 0.2) is 41.3 Å². The van der Waals surface area contributed by atoms with Crippen LogP contribution in [-0.2, 0) is 6.54 Å². The Balaban J connectivity index is 2.08. The molecular weight excluding hydrogens is 266 g/mol. The minimum Gasteiger partial charge on any atom is -0.379 e. The van der Waals surface area contributed by atoms with Crippen LogP contribution in [0.2, 0.25) is 0 Å². The Labute approximate surface area is 103 Å². The summed E-state index contributed by atoms with van der Waals surface area (Å²) < 4.78 is 1.07. The van der Waals surface area contributed by atoms with Crippen molar-refractivity contribution in [2.45, 2.75) is 13.5 Å². The van der Waals surface area contributed by atoms with E-state index in [9.17, 15) is 0 Å². The highest BCUT2D eigenvalue weighted by atomic mass is 79.9. The average molecular weight is 278 g/mol. The van der Waals surface area contributed by atoms with Crippen molar-refractivity contribution >= 4 is 21.6 Å². The molecule has 0 fully saturated rings. The molecule has 4 heteroatoms. The summed E-state index contributed by atoms with van der Waals surface area (Å²) in [6.07, 6.45) is 5.14. The van der Waals surface area contributed by atoms with Gasteiger partial charge in [0.15, 0.2) is 0 Å². The lowest BCUT2D eigenvalue weighted by Crippen LogP contribution is -2.03. The van der Waals surface area contributed by atoms with Gasteiger partial charge in [-0.05, 0) is 24.6 Å². The highest BCUT2D eigenvalue weighted by Gasteiger charge is 1.99. The van der Waals surface area contributed by atoms with E-state index in [-0.39, 0.29) is 0 Å². The molecule has 0 saturated carbocycles. The van der Waals surface area contributed by atoms with Gasteiger partial charge in [0.1, 0.15) is 0 Å². The van der Waals surface area contributed by atoms with Gasteiger partial charge in [-0.25, -0.2) is 0 Å². The molecule has 1 heterocycles. The molecule has 0 amide bonds. The quantitative estimate of drug-likeness (QED) is 0.937. The number of hydrogen-bond donors (Lipinski definition) is 1. The number of nitrogens with one attached hydrogen (secondary N) is 1. The van der Waals surface area contributed by atoms with Crippen LogP contribution in [0.1, 0.15) is 11.3 Å². The summed E-state index contributed by atoms with van der Waals surface area (Å²) in [5.74, 6) is 0. The molecule has 0 aliphatic heterocycles. The average Bonchev–Trinajstić information content (AvgIpc) is 2.32. The predicted molar refractivity (Wildman–Crippen MR) is 68.2 cm³/mol. The second kappa shape index (κ2) is 5.07. The molecule has 2 aromatic rings. The number of rotatable bonds is 3. The third kappa shape index (κ3) is 2.79. The van der Waals surface area contributed by atoms with Crippen LogP contribution in [0.25, 0.3) is 0 Å². The van der Waals surface area contributed by atoms with Gasteiger partial charge in [0.05, 0.1) is 18.4 Å². The molecule has 0 atom stereocenters. The molecule has 0 saturated heterocycles. The maximum atomic E-state index is 4.21. The standard InChI is InChI=1S/C12H12BrN3/c1-9-2-3-10(13)6-12(9)16-8-11-7-14-4-5-15-11/h2-7,16H,8H2,1H3. The fourth-order valence-electron chi connectivity index (χ4n) is 1.39. The van der Waals surface area contributed by atoms with Gasteiger partial charge in [0.2, 0.25) is 0 Å². The third-order valence-corrected chi connectivity index (χ3v) is 2.77. The molecule has 0 bridgehead atoms. The lowest BCUT2D eigenvalue weighted by atomic mass is 10.2. The van der Waals surface area contributed by atoms with E-state index < -0.39 is 0 Å². The number of nitrogens with zero attached hydrogens (tertiary/aromatic N) is 2. The van der Waals surface area contributed by atoms with Crippen LogP contribution in [0, 0.1) is 6.92 Å². The second-order valence-electron chi connectivity index (χ2n) is 3.51. The van der Waals surface area contributed by atoms with Gasteiger partial charge in [-0.15, -0.1) is 0 Å². The normalized spacial score (nSPS) is 10.1. The molecule has 0 radical (unpaired) electrons. The third-order valence-electron chi connectivity index (χ3n) is 2.28. The van der Waals surface area contributed by atoms with E-state index in [0.29, 0.717) is 6.54 Å². The number of hydrogen-bond acceptors (Lipinski definition) is 3. The fraction of sp³-hybridized carbons (Fsp3) is 0.167. The summed E-state index contributed by atoms with van der Waals surface area (Å²) in [5, 5.41) is 3.34. The van der Waals surface area contributed by atoms with Gasteiger partial charge in [-0.2, -0.15) is 0 Å². The molecule has 0 spiro atoms. The van der Waals surface area contributed by atoms with Crippen molar-refractivity contribution in [1.82, 2.24) is 9.97 Å². The first kappa shape index (κ1) is 11.1. The largest absolute Gasteiger partial charge is 0.379 e. The number of halogens is 1. The van der Waals surface area contributed by atoms with Crippen molar-refractivity contribution in [3.05, 3.63) is 52.5 Å². The molecule has 82 valence electrons. The Bertz CT molecular complexity index is 471. The number of aryl methyl sites for hydroxylation is 1. The fourth-order valence-corrected chi connectivity index (χ4v) is 1.75. The summed E-state index contributed by atoms with van der Waals surface area (Å²) >= 11 is 3.45. The van der Waals surface area contributed by atoms with E-state index >= 15 is 0 Å². The number of benzene rings is 1. The van der Waals surface area contributed by atoms with Crippen molar-refractivity contribution in [2.75, 3.05) is 5.32 Å². The van der Waals surface area contributed by atoms with E-state index in [0.717, 1.165) is 15.9 Å². The topological polar surface area (TPSA) is 37.8 Å². The van der Waals surface area contributed by atoms with Crippen LogP contribution < -0.4 is 5.32 Å². The lowest BCUT2D eigenvalue weighted by Gasteiger charge is -2.09. The maximum absolute atomic E-state index is 4.21. The summed E-state index contributed by atoms with van der Waals surface area (Å²) in [6, 6.07) is 6.16. The molecule has 16 heavy (non-hydrogen) atoms. The summed E-state index contributed by atoms with van der Waals surface area (Å²) in [6.45, 7) is 2.76. The summed E-state index contributed by atoms with van der Waals surface area (Å²) in [4.78, 5) is 8.23. The Morgan fingerprint density at radius 1 is 1.31 bits per heavy atom. The Morgan fingerprint density at radius 3 is 2.94 bits per heavy atom. The molecule has 3 nitrogen and oxygen atoms in total. The van der Waals surface area contributed by atoms with E-state index in [1.54, 1.807) is 18.6 Å². The van der Waals surface area contributed by atoms with Crippen molar-refractivity contribution in [3.8, 4) is 0 Å². The zero-order chi connectivity index (χ0) is 11.4. The molecule has 1 N–H and O–H groups in total. The molecule has 2 rings (SSSR count). The van der Waals surface area contributed by atoms with Gasteiger partial charge in [-0.3, -0.25) is 9.97 Å². The van der Waals surface area contributed by atoms with Gasteiger partial charge in [-0.1, -0.05) is 22.0 Å². The zero-order valence-electron chi connectivity index (χ0n) is 8.94. The highest BCUT2D eigenvalue weighted by Crippen LogP contribution is 2.20. The van der Waals surface area contributed by atoms with E-state index in [2.05, 4.69) is 50.3 Å². The number of anilines is 1. The second-order valence-corrected chi connectivity index (χ2v) is 4.43.